The van der Waals surface area contributed by atoms with Crippen molar-refractivity contribution in [2.75, 3.05) is 31.2 Å². The number of hydrogen-bond donors (Lipinski definition) is 1. The summed E-state index contributed by atoms with van der Waals surface area (Å²) in [6.45, 7) is 3.51. The molecule has 0 atom stereocenters. The van der Waals surface area contributed by atoms with Crippen molar-refractivity contribution >= 4 is 28.1 Å². The molecule has 5 rings (SSSR count). The predicted octanol–water partition coefficient (Wildman–Crippen LogP) is 4.19. The average molecular weight is 362 g/mol. The molecular formula is C20H18N4OS. The predicted molar refractivity (Wildman–Crippen MR) is 106 cm³/mol. The van der Waals surface area contributed by atoms with Gasteiger partial charge in [-0.1, -0.05) is 12.1 Å². The van der Waals surface area contributed by atoms with Crippen LogP contribution < -0.4 is 4.90 Å². The van der Waals surface area contributed by atoms with Gasteiger partial charge < -0.3 is 14.6 Å². The number of ether oxygens (including phenoxy) is 1. The standard InChI is InChI=1S/C20H18N4OS/c1-3-16(24-5-7-25-8-6-24)4-2-14(1)15-9-17-18(19-12-21-13-26-19)11-23-20(17)22-10-15/h1-4,9-13H,5-8H2,(H,22,23). The van der Waals surface area contributed by atoms with Gasteiger partial charge in [-0.3, -0.25) is 4.98 Å². The number of nitrogens with zero attached hydrogens (tertiary/aromatic N) is 3. The molecule has 5 nitrogen and oxygen atoms in total. The first-order chi connectivity index (χ1) is 12.9. The normalized spacial score (nSPS) is 14.8. The van der Waals surface area contributed by atoms with Crippen molar-refractivity contribution in [2.24, 2.45) is 0 Å². The van der Waals surface area contributed by atoms with E-state index in [9.17, 15) is 0 Å². The molecule has 1 saturated heterocycles. The van der Waals surface area contributed by atoms with E-state index >= 15 is 0 Å². The highest BCUT2D eigenvalue weighted by molar-refractivity contribution is 7.13. The van der Waals surface area contributed by atoms with Crippen LogP contribution in [0, 0.1) is 0 Å². The summed E-state index contributed by atoms with van der Waals surface area (Å²) in [7, 11) is 0. The second kappa shape index (κ2) is 6.55. The van der Waals surface area contributed by atoms with E-state index in [0.717, 1.165) is 53.3 Å². The molecule has 1 aliphatic rings. The Morgan fingerprint density at radius 1 is 1.04 bits per heavy atom. The number of nitrogens with one attached hydrogen (secondary N) is 1. The Morgan fingerprint density at radius 2 is 1.88 bits per heavy atom. The van der Waals surface area contributed by atoms with E-state index < -0.39 is 0 Å². The molecule has 6 heteroatoms. The molecule has 1 fully saturated rings. The molecule has 0 bridgehead atoms. The highest BCUT2D eigenvalue weighted by Crippen LogP contribution is 2.33. The fourth-order valence-corrected chi connectivity index (χ4v) is 4.05. The van der Waals surface area contributed by atoms with Crippen molar-refractivity contribution in [3.05, 3.63) is 54.4 Å². The van der Waals surface area contributed by atoms with E-state index in [4.69, 9.17) is 4.74 Å². The number of anilines is 1. The smallest absolute Gasteiger partial charge is 0.137 e. The van der Waals surface area contributed by atoms with E-state index in [0.29, 0.717) is 0 Å². The fourth-order valence-electron chi connectivity index (χ4n) is 3.40. The molecule has 1 aliphatic heterocycles. The summed E-state index contributed by atoms with van der Waals surface area (Å²) < 4.78 is 5.43. The minimum Gasteiger partial charge on any atom is -0.378 e. The molecule has 0 saturated carbocycles. The summed E-state index contributed by atoms with van der Waals surface area (Å²) in [5.74, 6) is 0. The summed E-state index contributed by atoms with van der Waals surface area (Å²) >= 11 is 1.64. The van der Waals surface area contributed by atoms with Gasteiger partial charge in [0.15, 0.2) is 0 Å². The lowest BCUT2D eigenvalue weighted by Crippen LogP contribution is -2.36. The highest BCUT2D eigenvalue weighted by atomic mass is 32.1. The summed E-state index contributed by atoms with van der Waals surface area (Å²) in [5.41, 5.74) is 7.46. The molecular weight excluding hydrogens is 344 g/mol. The Kier molecular flexibility index (Phi) is 3.92. The Bertz CT molecular complexity index is 1020. The Balaban J connectivity index is 1.49. The first-order valence-corrected chi connectivity index (χ1v) is 9.55. The van der Waals surface area contributed by atoms with Crippen LogP contribution in [0.1, 0.15) is 0 Å². The number of morpholine rings is 1. The van der Waals surface area contributed by atoms with E-state index in [2.05, 4.69) is 50.2 Å². The minimum atomic E-state index is 0.802. The molecule has 4 heterocycles. The number of pyridine rings is 1. The highest BCUT2D eigenvalue weighted by Gasteiger charge is 2.12. The van der Waals surface area contributed by atoms with E-state index in [1.807, 2.05) is 24.1 Å². The number of fused-ring (bicyclic) bond motifs is 1. The maximum absolute atomic E-state index is 5.43. The summed E-state index contributed by atoms with van der Waals surface area (Å²) in [6, 6.07) is 10.9. The van der Waals surface area contributed by atoms with Crippen LogP contribution in [0.15, 0.2) is 54.4 Å². The van der Waals surface area contributed by atoms with E-state index in [-0.39, 0.29) is 0 Å². The lowest BCUT2D eigenvalue weighted by atomic mass is 10.0. The zero-order chi connectivity index (χ0) is 17.3. The molecule has 0 radical (unpaired) electrons. The third-order valence-electron chi connectivity index (χ3n) is 4.81. The lowest BCUT2D eigenvalue weighted by Gasteiger charge is -2.28. The van der Waals surface area contributed by atoms with Crippen LogP contribution in [0.25, 0.3) is 32.6 Å². The van der Waals surface area contributed by atoms with Crippen LogP contribution in [0.4, 0.5) is 5.69 Å². The molecule has 26 heavy (non-hydrogen) atoms. The fraction of sp³-hybridized carbons (Fsp3) is 0.200. The second-order valence-electron chi connectivity index (χ2n) is 6.33. The molecule has 1 aromatic carbocycles. The van der Waals surface area contributed by atoms with Gasteiger partial charge in [0.2, 0.25) is 0 Å². The van der Waals surface area contributed by atoms with Crippen molar-refractivity contribution in [2.45, 2.75) is 0 Å². The Morgan fingerprint density at radius 3 is 2.65 bits per heavy atom. The van der Waals surface area contributed by atoms with Crippen LogP contribution in [-0.2, 0) is 4.74 Å². The van der Waals surface area contributed by atoms with Crippen LogP contribution in [0.2, 0.25) is 0 Å². The van der Waals surface area contributed by atoms with Gasteiger partial charge in [-0.05, 0) is 23.8 Å². The lowest BCUT2D eigenvalue weighted by molar-refractivity contribution is 0.122. The molecule has 0 amide bonds. The van der Waals surface area contributed by atoms with Crippen molar-refractivity contribution in [3.63, 3.8) is 0 Å². The third kappa shape index (κ3) is 2.77. The van der Waals surface area contributed by atoms with Crippen LogP contribution in [0.5, 0.6) is 0 Å². The molecule has 3 aromatic heterocycles. The number of thiazole rings is 1. The maximum Gasteiger partial charge on any atom is 0.137 e. The van der Waals surface area contributed by atoms with Crippen LogP contribution >= 0.6 is 11.3 Å². The number of aromatic nitrogens is 3. The molecule has 1 N–H and O–H groups in total. The molecule has 0 unspecified atom stereocenters. The second-order valence-corrected chi connectivity index (χ2v) is 7.22. The van der Waals surface area contributed by atoms with E-state index in [1.165, 1.54) is 11.3 Å². The van der Waals surface area contributed by atoms with Crippen LogP contribution in [-0.4, -0.2) is 41.3 Å². The van der Waals surface area contributed by atoms with Crippen molar-refractivity contribution < 1.29 is 4.74 Å². The minimum absolute atomic E-state index is 0.802. The summed E-state index contributed by atoms with van der Waals surface area (Å²) in [6.07, 6.45) is 5.84. The van der Waals surface area contributed by atoms with Gasteiger partial charge >= 0.3 is 0 Å². The number of H-pyrrole nitrogens is 1. The first kappa shape index (κ1) is 15.5. The SMILES string of the molecule is c1ncc(-c2c[nH]c3ncc(-c4ccc(N5CCOCC5)cc4)cc23)s1. The topological polar surface area (TPSA) is 54.0 Å². The first-order valence-electron chi connectivity index (χ1n) is 8.67. The Hall–Kier alpha value is -2.70. The van der Waals surface area contributed by atoms with Gasteiger partial charge in [-0.25, -0.2) is 4.98 Å². The molecule has 130 valence electrons. The van der Waals surface area contributed by atoms with Gasteiger partial charge in [0, 0.05) is 53.9 Å². The van der Waals surface area contributed by atoms with Gasteiger partial charge in [-0.2, -0.15) is 0 Å². The monoisotopic (exact) mass is 362 g/mol. The summed E-state index contributed by atoms with van der Waals surface area (Å²) in [4.78, 5) is 15.6. The van der Waals surface area contributed by atoms with Gasteiger partial charge in [-0.15, -0.1) is 11.3 Å². The van der Waals surface area contributed by atoms with Gasteiger partial charge in [0.1, 0.15) is 5.65 Å². The van der Waals surface area contributed by atoms with Crippen LogP contribution in [0.3, 0.4) is 0 Å². The number of benzene rings is 1. The molecule has 0 aliphatic carbocycles. The number of hydrogen-bond acceptors (Lipinski definition) is 5. The largest absolute Gasteiger partial charge is 0.378 e. The average Bonchev–Trinajstić information content (AvgIpc) is 3.38. The zero-order valence-electron chi connectivity index (χ0n) is 14.2. The zero-order valence-corrected chi connectivity index (χ0v) is 15.0. The van der Waals surface area contributed by atoms with Crippen molar-refractivity contribution in [3.8, 4) is 21.6 Å². The van der Waals surface area contributed by atoms with Crippen molar-refractivity contribution in [1.82, 2.24) is 15.0 Å². The number of rotatable bonds is 3. The quantitative estimate of drug-likeness (QED) is 0.594. The molecule has 0 spiro atoms. The maximum atomic E-state index is 5.43. The Labute approximate surface area is 155 Å². The van der Waals surface area contributed by atoms with Gasteiger partial charge in [0.05, 0.1) is 23.6 Å². The molecule has 4 aromatic rings. The van der Waals surface area contributed by atoms with Crippen molar-refractivity contribution in [1.29, 1.82) is 0 Å². The van der Waals surface area contributed by atoms with Gasteiger partial charge in [0.25, 0.3) is 0 Å². The number of aromatic amines is 1. The van der Waals surface area contributed by atoms with E-state index in [1.54, 1.807) is 11.3 Å². The summed E-state index contributed by atoms with van der Waals surface area (Å²) in [5, 5.41) is 1.13. The third-order valence-corrected chi connectivity index (χ3v) is 5.61.